The fourth-order valence-corrected chi connectivity index (χ4v) is 4.45. The van der Waals surface area contributed by atoms with E-state index in [0.717, 1.165) is 34.2 Å². The lowest BCUT2D eigenvalue weighted by Crippen LogP contribution is -2.53. The third kappa shape index (κ3) is 7.55. The second kappa shape index (κ2) is 12.0. The first-order valence-electron chi connectivity index (χ1n) is 11.3. The Morgan fingerprint density at radius 3 is 2.29 bits per heavy atom. The zero-order valence-corrected chi connectivity index (χ0v) is 21.2. The van der Waals surface area contributed by atoms with Crippen LogP contribution in [0.4, 0.5) is 10.1 Å². The van der Waals surface area contributed by atoms with E-state index in [1.165, 1.54) is 23.1 Å². The smallest absolute Gasteiger partial charge is 0.244 e. The summed E-state index contributed by atoms with van der Waals surface area (Å²) in [6.45, 7) is 7.14. The van der Waals surface area contributed by atoms with Crippen molar-refractivity contribution < 1.29 is 22.4 Å². The molecule has 9 heteroatoms. The average molecular weight is 492 g/mol. The molecule has 0 aliphatic rings. The van der Waals surface area contributed by atoms with Crippen molar-refractivity contribution in [3.8, 4) is 0 Å². The Bertz CT molecular complexity index is 1110. The molecule has 0 bridgehead atoms. The maximum Gasteiger partial charge on any atom is 0.244 e. The van der Waals surface area contributed by atoms with Crippen LogP contribution in [0.25, 0.3) is 0 Å². The monoisotopic (exact) mass is 491 g/mol. The number of rotatable bonds is 11. The molecule has 2 rings (SSSR count). The fourth-order valence-electron chi connectivity index (χ4n) is 3.61. The maximum absolute atomic E-state index is 13.8. The molecule has 1 N–H and O–H groups in total. The number of amides is 2. The third-order valence-electron chi connectivity index (χ3n) is 5.60. The van der Waals surface area contributed by atoms with Gasteiger partial charge in [-0.05, 0) is 50.5 Å². The summed E-state index contributed by atoms with van der Waals surface area (Å²) in [7, 11) is -3.90. The van der Waals surface area contributed by atoms with Gasteiger partial charge in [-0.15, -0.1) is 0 Å². The van der Waals surface area contributed by atoms with E-state index in [4.69, 9.17) is 0 Å². The molecule has 7 nitrogen and oxygen atoms in total. The molecule has 0 aliphatic carbocycles. The van der Waals surface area contributed by atoms with E-state index in [-0.39, 0.29) is 24.2 Å². The molecule has 34 heavy (non-hydrogen) atoms. The summed E-state index contributed by atoms with van der Waals surface area (Å²) < 4.78 is 39.7. The van der Waals surface area contributed by atoms with E-state index < -0.39 is 34.3 Å². The van der Waals surface area contributed by atoms with Gasteiger partial charge in [-0.25, -0.2) is 12.8 Å². The summed E-state index contributed by atoms with van der Waals surface area (Å²) in [5, 5.41) is 2.92. The van der Waals surface area contributed by atoms with Crippen molar-refractivity contribution in [3.05, 3.63) is 65.5 Å². The van der Waals surface area contributed by atoms with Crippen molar-refractivity contribution in [2.24, 2.45) is 0 Å². The van der Waals surface area contributed by atoms with E-state index in [2.05, 4.69) is 5.32 Å². The van der Waals surface area contributed by atoms with Gasteiger partial charge < -0.3 is 10.2 Å². The highest BCUT2D eigenvalue weighted by Crippen LogP contribution is 2.21. The molecule has 2 atom stereocenters. The van der Waals surface area contributed by atoms with Crippen LogP contribution in [0.1, 0.15) is 44.7 Å². The minimum Gasteiger partial charge on any atom is -0.352 e. The number of carbonyl (C=O) groups is 2. The number of sulfonamides is 1. The van der Waals surface area contributed by atoms with E-state index in [0.29, 0.717) is 6.42 Å². The van der Waals surface area contributed by atoms with Gasteiger partial charge in [0.15, 0.2) is 0 Å². The van der Waals surface area contributed by atoms with Crippen LogP contribution in [0.2, 0.25) is 0 Å². The van der Waals surface area contributed by atoms with Crippen LogP contribution >= 0.6 is 0 Å². The van der Waals surface area contributed by atoms with Gasteiger partial charge in [-0.1, -0.05) is 49.7 Å². The number of aryl methyl sites for hydroxylation is 1. The molecule has 0 saturated carbocycles. The molecule has 0 fully saturated rings. The first kappa shape index (κ1) is 27.3. The number of hydrogen-bond donors (Lipinski definition) is 1. The Morgan fingerprint density at radius 2 is 1.74 bits per heavy atom. The molecular weight excluding hydrogens is 457 g/mol. The largest absolute Gasteiger partial charge is 0.352 e. The molecule has 2 aromatic rings. The van der Waals surface area contributed by atoms with E-state index >= 15 is 0 Å². The lowest BCUT2D eigenvalue weighted by Gasteiger charge is -2.33. The summed E-state index contributed by atoms with van der Waals surface area (Å²) in [6.07, 6.45) is 2.04. The third-order valence-corrected chi connectivity index (χ3v) is 6.74. The molecule has 186 valence electrons. The van der Waals surface area contributed by atoms with Crippen molar-refractivity contribution in [2.45, 2.75) is 59.2 Å². The minimum atomic E-state index is -3.90. The Kier molecular flexibility index (Phi) is 9.61. The van der Waals surface area contributed by atoms with Gasteiger partial charge in [0.2, 0.25) is 21.8 Å². The Labute approximate surface area is 202 Å². The average Bonchev–Trinajstić information content (AvgIpc) is 2.76. The van der Waals surface area contributed by atoms with Crippen molar-refractivity contribution >= 4 is 27.5 Å². The Balaban J connectivity index is 2.44. The summed E-state index contributed by atoms with van der Waals surface area (Å²) in [4.78, 5) is 28.0. The standard InChI is InChI=1S/C25H34FN3O4S/c1-6-19(4)27-25(31)23(7-2)28(16-20-11-8-10-18(3)14-20)24(30)17-29(34(5,32)33)22-13-9-12-21(26)15-22/h8-15,19,23H,6-7,16-17H2,1-5H3,(H,27,31)/t19-,23-/m0/s1. The zero-order valence-electron chi connectivity index (χ0n) is 20.4. The van der Waals surface area contributed by atoms with Crippen LogP contribution in [0, 0.1) is 12.7 Å². The number of nitrogens with zero attached hydrogens (tertiary/aromatic N) is 2. The molecule has 0 heterocycles. The quantitative estimate of drug-likeness (QED) is 0.520. The summed E-state index contributed by atoms with van der Waals surface area (Å²) in [5.41, 5.74) is 1.86. The van der Waals surface area contributed by atoms with Gasteiger partial charge in [-0.3, -0.25) is 13.9 Å². The lowest BCUT2D eigenvalue weighted by atomic mass is 10.1. The summed E-state index contributed by atoms with van der Waals surface area (Å²) in [5.74, 6) is -1.47. The van der Waals surface area contributed by atoms with Crippen LogP contribution in [0.15, 0.2) is 48.5 Å². The van der Waals surface area contributed by atoms with Gasteiger partial charge >= 0.3 is 0 Å². The maximum atomic E-state index is 13.8. The van der Waals surface area contributed by atoms with Gasteiger partial charge in [0.05, 0.1) is 11.9 Å². The molecular formula is C25H34FN3O4S. The predicted molar refractivity (Wildman–Crippen MR) is 132 cm³/mol. The highest BCUT2D eigenvalue weighted by atomic mass is 32.2. The highest BCUT2D eigenvalue weighted by Gasteiger charge is 2.32. The Hall–Kier alpha value is -2.94. The van der Waals surface area contributed by atoms with E-state index in [1.807, 2.05) is 45.0 Å². The van der Waals surface area contributed by atoms with Crippen molar-refractivity contribution in [1.82, 2.24) is 10.2 Å². The second-order valence-electron chi connectivity index (χ2n) is 8.50. The molecule has 2 amide bonds. The number of hydrogen-bond acceptors (Lipinski definition) is 4. The van der Waals surface area contributed by atoms with E-state index in [9.17, 15) is 22.4 Å². The van der Waals surface area contributed by atoms with Gasteiger partial charge in [0.1, 0.15) is 18.4 Å². The summed E-state index contributed by atoms with van der Waals surface area (Å²) in [6, 6.07) is 11.8. The molecule has 0 radical (unpaired) electrons. The SMILES string of the molecule is CC[C@H](C)NC(=O)[C@H](CC)N(Cc1cccc(C)c1)C(=O)CN(c1cccc(F)c1)S(C)(=O)=O. The number of anilines is 1. The van der Waals surface area contributed by atoms with Crippen LogP contribution in [-0.2, 0) is 26.2 Å². The normalized spacial score (nSPS) is 13.1. The van der Waals surface area contributed by atoms with Crippen LogP contribution in [0.5, 0.6) is 0 Å². The van der Waals surface area contributed by atoms with Crippen LogP contribution < -0.4 is 9.62 Å². The van der Waals surface area contributed by atoms with Gasteiger partial charge in [0.25, 0.3) is 0 Å². The van der Waals surface area contributed by atoms with E-state index in [1.54, 1.807) is 6.92 Å². The number of carbonyl (C=O) groups excluding carboxylic acids is 2. The lowest BCUT2D eigenvalue weighted by molar-refractivity contribution is -0.140. The zero-order chi connectivity index (χ0) is 25.5. The topological polar surface area (TPSA) is 86.8 Å². The second-order valence-corrected chi connectivity index (χ2v) is 10.4. The molecule has 0 saturated heterocycles. The van der Waals surface area contributed by atoms with Crippen LogP contribution in [-0.4, -0.2) is 50.0 Å². The molecule has 2 aromatic carbocycles. The first-order chi connectivity index (χ1) is 16.0. The minimum absolute atomic E-state index is 0.0449. The van der Waals surface area contributed by atoms with Crippen molar-refractivity contribution in [2.75, 3.05) is 17.1 Å². The van der Waals surface area contributed by atoms with Crippen molar-refractivity contribution in [3.63, 3.8) is 0 Å². The van der Waals surface area contributed by atoms with Gasteiger partial charge in [-0.2, -0.15) is 0 Å². The van der Waals surface area contributed by atoms with Crippen LogP contribution in [0.3, 0.4) is 0 Å². The number of halogens is 1. The highest BCUT2D eigenvalue weighted by molar-refractivity contribution is 7.92. The number of nitrogens with one attached hydrogen (secondary N) is 1. The molecule has 0 unspecified atom stereocenters. The van der Waals surface area contributed by atoms with Crippen molar-refractivity contribution in [1.29, 1.82) is 0 Å². The first-order valence-corrected chi connectivity index (χ1v) is 13.2. The number of benzene rings is 2. The molecule has 0 spiro atoms. The molecule has 0 aliphatic heterocycles. The summed E-state index contributed by atoms with van der Waals surface area (Å²) >= 11 is 0. The fraction of sp³-hybridized carbons (Fsp3) is 0.440. The Morgan fingerprint density at radius 1 is 1.06 bits per heavy atom. The molecule has 0 aromatic heterocycles. The van der Waals surface area contributed by atoms with Gasteiger partial charge in [0, 0.05) is 12.6 Å². The predicted octanol–water partition coefficient (Wildman–Crippen LogP) is 3.62.